The van der Waals surface area contributed by atoms with Crippen LogP contribution >= 0.6 is 0 Å². The van der Waals surface area contributed by atoms with Gasteiger partial charge in [0.05, 0.1) is 4.90 Å². The molecule has 0 saturated heterocycles. The number of anilines is 1. The molecule has 2 aromatic rings. The standard InChI is InChI=1S/C19H22N2O3S/c1-3-19(22)15-8-6-9-17(13-15)25(23,24)21-12-11-20(2)18-10-5-4-7-16(18)14-21/h4-10,13H,3,11-12,14H2,1-2H3. The number of benzene rings is 2. The summed E-state index contributed by atoms with van der Waals surface area (Å²) in [7, 11) is -1.69. The van der Waals surface area contributed by atoms with Gasteiger partial charge < -0.3 is 4.90 Å². The normalized spacial score (nSPS) is 15.5. The molecule has 1 heterocycles. The number of likely N-dealkylation sites (N-methyl/N-ethyl adjacent to an activating group) is 1. The minimum absolute atomic E-state index is 0.0574. The second-order valence-corrected chi connectivity index (χ2v) is 8.13. The number of hydrogen-bond acceptors (Lipinski definition) is 4. The van der Waals surface area contributed by atoms with E-state index in [4.69, 9.17) is 0 Å². The topological polar surface area (TPSA) is 57.7 Å². The summed E-state index contributed by atoms with van der Waals surface area (Å²) in [4.78, 5) is 14.2. The van der Waals surface area contributed by atoms with Crippen LogP contribution < -0.4 is 4.90 Å². The Morgan fingerprint density at radius 2 is 1.84 bits per heavy atom. The Morgan fingerprint density at radius 3 is 2.60 bits per heavy atom. The molecule has 132 valence electrons. The molecule has 0 aromatic heterocycles. The van der Waals surface area contributed by atoms with Crippen molar-refractivity contribution in [2.45, 2.75) is 24.8 Å². The molecule has 0 atom stereocenters. The first-order chi connectivity index (χ1) is 11.9. The summed E-state index contributed by atoms with van der Waals surface area (Å²) in [5.41, 5.74) is 2.47. The molecule has 0 amide bonds. The third-order valence-electron chi connectivity index (χ3n) is 4.55. The van der Waals surface area contributed by atoms with E-state index in [-0.39, 0.29) is 10.7 Å². The van der Waals surface area contributed by atoms with Crippen LogP contribution in [0.15, 0.2) is 53.4 Å². The van der Waals surface area contributed by atoms with Gasteiger partial charge in [0.25, 0.3) is 0 Å². The van der Waals surface area contributed by atoms with Gasteiger partial charge in [-0.15, -0.1) is 0 Å². The quantitative estimate of drug-likeness (QED) is 0.789. The molecule has 0 unspecified atom stereocenters. The average Bonchev–Trinajstić information content (AvgIpc) is 2.81. The van der Waals surface area contributed by atoms with Crippen LogP contribution in [0.4, 0.5) is 5.69 Å². The summed E-state index contributed by atoms with van der Waals surface area (Å²) in [6.07, 6.45) is 0.353. The predicted molar refractivity (Wildman–Crippen MR) is 98.4 cm³/mol. The van der Waals surface area contributed by atoms with Gasteiger partial charge >= 0.3 is 0 Å². The van der Waals surface area contributed by atoms with Crippen LogP contribution in [0.3, 0.4) is 0 Å². The molecular formula is C19H22N2O3S. The second kappa shape index (κ2) is 6.98. The molecule has 1 aliphatic heterocycles. The number of ketones is 1. The largest absolute Gasteiger partial charge is 0.373 e. The maximum atomic E-state index is 13.1. The van der Waals surface area contributed by atoms with Crippen molar-refractivity contribution in [2.24, 2.45) is 0 Å². The van der Waals surface area contributed by atoms with Crippen molar-refractivity contribution >= 4 is 21.5 Å². The van der Waals surface area contributed by atoms with E-state index in [1.165, 1.54) is 10.4 Å². The van der Waals surface area contributed by atoms with Crippen LogP contribution in [0, 0.1) is 0 Å². The van der Waals surface area contributed by atoms with Crippen LogP contribution in [0.1, 0.15) is 29.3 Å². The Hall–Kier alpha value is -2.18. The molecule has 3 rings (SSSR count). The van der Waals surface area contributed by atoms with E-state index in [1.807, 2.05) is 31.3 Å². The molecule has 0 radical (unpaired) electrons. The smallest absolute Gasteiger partial charge is 0.243 e. The first-order valence-corrected chi connectivity index (χ1v) is 9.80. The fraction of sp³-hybridized carbons (Fsp3) is 0.316. The molecule has 6 heteroatoms. The van der Waals surface area contributed by atoms with Gasteiger partial charge in [-0.25, -0.2) is 8.42 Å². The van der Waals surface area contributed by atoms with Crippen LogP contribution in [0.25, 0.3) is 0 Å². The molecule has 25 heavy (non-hydrogen) atoms. The number of hydrogen-bond donors (Lipinski definition) is 0. The number of carbonyl (C=O) groups excluding carboxylic acids is 1. The van der Waals surface area contributed by atoms with E-state index in [0.717, 1.165) is 11.3 Å². The van der Waals surface area contributed by atoms with Crippen molar-refractivity contribution in [1.29, 1.82) is 0 Å². The number of carbonyl (C=O) groups is 1. The highest BCUT2D eigenvalue weighted by Gasteiger charge is 2.28. The van der Waals surface area contributed by atoms with Crippen LogP contribution in [-0.2, 0) is 16.6 Å². The molecule has 2 aromatic carbocycles. The van der Waals surface area contributed by atoms with Gasteiger partial charge in [-0.05, 0) is 23.8 Å². The van der Waals surface area contributed by atoms with Gasteiger partial charge in [-0.1, -0.05) is 37.3 Å². The van der Waals surface area contributed by atoms with E-state index < -0.39 is 10.0 Å². The zero-order valence-corrected chi connectivity index (χ0v) is 15.3. The second-order valence-electron chi connectivity index (χ2n) is 6.19. The third kappa shape index (κ3) is 3.45. The molecule has 0 aliphatic carbocycles. The number of fused-ring (bicyclic) bond motifs is 1. The minimum Gasteiger partial charge on any atom is -0.373 e. The lowest BCUT2D eigenvalue weighted by Crippen LogP contribution is -2.34. The third-order valence-corrected chi connectivity index (χ3v) is 6.39. The number of sulfonamides is 1. The molecule has 0 bridgehead atoms. The Bertz CT molecular complexity index is 893. The molecule has 5 nitrogen and oxygen atoms in total. The Balaban J connectivity index is 1.97. The Kier molecular flexibility index (Phi) is 4.92. The number of nitrogens with zero attached hydrogens (tertiary/aromatic N) is 2. The molecule has 0 fully saturated rings. The van der Waals surface area contributed by atoms with Gasteiger partial charge in [-0.3, -0.25) is 4.79 Å². The lowest BCUT2D eigenvalue weighted by Gasteiger charge is -2.21. The highest BCUT2D eigenvalue weighted by atomic mass is 32.2. The Morgan fingerprint density at radius 1 is 1.08 bits per heavy atom. The summed E-state index contributed by atoms with van der Waals surface area (Å²) >= 11 is 0. The molecule has 1 aliphatic rings. The zero-order valence-electron chi connectivity index (χ0n) is 14.5. The van der Waals surface area contributed by atoms with Crippen molar-refractivity contribution < 1.29 is 13.2 Å². The lowest BCUT2D eigenvalue weighted by atomic mass is 10.1. The van der Waals surface area contributed by atoms with Crippen LogP contribution in [0.5, 0.6) is 0 Å². The average molecular weight is 358 g/mol. The highest BCUT2D eigenvalue weighted by Crippen LogP contribution is 2.27. The summed E-state index contributed by atoms with van der Waals surface area (Å²) in [6, 6.07) is 14.2. The van der Waals surface area contributed by atoms with E-state index >= 15 is 0 Å². The minimum atomic E-state index is -3.66. The SMILES string of the molecule is CCC(=O)c1cccc(S(=O)(=O)N2CCN(C)c3ccccc3C2)c1. The zero-order chi connectivity index (χ0) is 18.0. The predicted octanol–water partition coefficient (Wildman–Crippen LogP) is 2.92. The van der Waals surface area contributed by atoms with Gasteiger partial charge in [-0.2, -0.15) is 4.31 Å². The molecule has 0 N–H and O–H groups in total. The molecule has 0 spiro atoms. The number of para-hydroxylation sites is 1. The lowest BCUT2D eigenvalue weighted by molar-refractivity contribution is 0.0988. The molecular weight excluding hydrogens is 336 g/mol. The van der Waals surface area contributed by atoms with Crippen molar-refractivity contribution in [3.63, 3.8) is 0 Å². The summed E-state index contributed by atoms with van der Waals surface area (Å²) < 4.78 is 27.7. The maximum absolute atomic E-state index is 13.1. The highest BCUT2D eigenvalue weighted by molar-refractivity contribution is 7.89. The maximum Gasteiger partial charge on any atom is 0.243 e. The Labute approximate surface area is 148 Å². The van der Waals surface area contributed by atoms with Crippen LogP contribution in [0.2, 0.25) is 0 Å². The van der Waals surface area contributed by atoms with E-state index in [1.54, 1.807) is 25.1 Å². The number of rotatable bonds is 4. The van der Waals surface area contributed by atoms with Crippen molar-refractivity contribution in [2.75, 3.05) is 25.0 Å². The van der Waals surface area contributed by atoms with E-state index in [9.17, 15) is 13.2 Å². The summed E-state index contributed by atoms with van der Waals surface area (Å²) in [5, 5.41) is 0. The van der Waals surface area contributed by atoms with Gasteiger partial charge in [0.2, 0.25) is 10.0 Å². The van der Waals surface area contributed by atoms with E-state index in [0.29, 0.717) is 31.6 Å². The number of Topliss-reactive ketones (excluding diaryl/α,β-unsaturated/α-hetero) is 1. The first kappa shape index (κ1) is 17.6. The van der Waals surface area contributed by atoms with Crippen molar-refractivity contribution in [3.05, 3.63) is 59.7 Å². The first-order valence-electron chi connectivity index (χ1n) is 8.36. The van der Waals surface area contributed by atoms with Crippen LogP contribution in [-0.4, -0.2) is 38.6 Å². The van der Waals surface area contributed by atoms with Crippen molar-refractivity contribution in [3.8, 4) is 0 Å². The monoisotopic (exact) mass is 358 g/mol. The fourth-order valence-electron chi connectivity index (χ4n) is 3.06. The van der Waals surface area contributed by atoms with E-state index in [2.05, 4.69) is 4.90 Å². The van der Waals surface area contributed by atoms with Gasteiger partial charge in [0.15, 0.2) is 5.78 Å². The van der Waals surface area contributed by atoms with Gasteiger partial charge in [0.1, 0.15) is 0 Å². The summed E-state index contributed by atoms with van der Waals surface area (Å²) in [6.45, 7) is 3.11. The van der Waals surface area contributed by atoms with Crippen molar-refractivity contribution in [1.82, 2.24) is 4.31 Å². The molecule has 0 saturated carbocycles. The summed E-state index contributed by atoms with van der Waals surface area (Å²) in [5.74, 6) is -0.0574. The fourth-order valence-corrected chi connectivity index (χ4v) is 4.51. The van der Waals surface area contributed by atoms with Gasteiger partial charge in [0, 0.05) is 44.4 Å².